The number of nitriles is 1. The average molecular weight is 530 g/mol. The van der Waals surface area contributed by atoms with Gasteiger partial charge < -0.3 is 15.5 Å². The molecular weight excluding hydrogens is 509 g/mol. The van der Waals surface area contributed by atoms with Crippen molar-refractivity contribution in [2.24, 2.45) is 11.8 Å². The molecule has 0 radical (unpaired) electrons. The molecule has 190 valence electrons. The van der Waals surface area contributed by atoms with Gasteiger partial charge in [-0.2, -0.15) is 10.2 Å². The molecule has 2 amide bonds. The number of hydrogen-bond donors (Lipinski definition) is 2. The van der Waals surface area contributed by atoms with Gasteiger partial charge in [-0.25, -0.2) is 14.2 Å². The second-order valence-corrected chi connectivity index (χ2v) is 9.81. The number of piperidine rings is 1. The molecule has 38 heavy (non-hydrogen) atoms. The standard InChI is InChI=1S/C27H21ClFN7O2/c28-22-4-2-1-3-18(22)19-11-15-12-31-26(34-24(15)36(10-9-30)25(19)37)33-23-20-13-35(14-21(20)23)27(38)32-17-7-5-16(29)6-8-17/h1-8,11-12,20-21,23H,10,13-14H2,(H,32,38)(H,31,33,34). The van der Waals surface area contributed by atoms with Gasteiger partial charge in [0.25, 0.3) is 5.56 Å². The molecule has 2 atom stereocenters. The van der Waals surface area contributed by atoms with Crippen LogP contribution >= 0.6 is 11.6 Å². The number of nitrogens with one attached hydrogen (secondary N) is 2. The van der Waals surface area contributed by atoms with Crippen molar-refractivity contribution < 1.29 is 9.18 Å². The quantitative estimate of drug-likeness (QED) is 0.397. The number of rotatable bonds is 5. The highest BCUT2D eigenvalue weighted by Gasteiger charge is 2.57. The van der Waals surface area contributed by atoms with Crippen LogP contribution < -0.4 is 16.2 Å². The number of carbonyl (C=O) groups is 1. The molecule has 2 unspecified atom stereocenters. The summed E-state index contributed by atoms with van der Waals surface area (Å²) in [6.45, 7) is 0.976. The second-order valence-electron chi connectivity index (χ2n) is 9.40. The van der Waals surface area contributed by atoms with Crippen LogP contribution in [-0.2, 0) is 6.54 Å². The topological polar surface area (TPSA) is 116 Å². The molecule has 2 aromatic heterocycles. The number of pyridine rings is 1. The van der Waals surface area contributed by atoms with Gasteiger partial charge in [0.15, 0.2) is 0 Å². The van der Waals surface area contributed by atoms with Crippen molar-refractivity contribution in [2.75, 3.05) is 23.7 Å². The molecule has 9 nitrogen and oxygen atoms in total. The molecule has 3 heterocycles. The van der Waals surface area contributed by atoms with E-state index in [1.807, 2.05) is 6.07 Å². The minimum atomic E-state index is -0.360. The molecular formula is C27H21ClFN7O2. The fourth-order valence-corrected chi connectivity index (χ4v) is 5.35. The second kappa shape index (κ2) is 9.43. The Kier molecular flexibility index (Phi) is 5.93. The van der Waals surface area contributed by atoms with Crippen LogP contribution in [0.3, 0.4) is 0 Å². The summed E-state index contributed by atoms with van der Waals surface area (Å²) >= 11 is 6.33. The van der Waals surface area contributed by atoms with Crippen LogP contribution in [0.5, 0.6) is 0 Å². The fourth-order valence-electron chi connectivity index (χ4n) is 5.11. The highest BCUT2D eigenvalue weighted by Crippen LogP contribution is 2.47. The maximum Gasteiger partial charge on any atom is 0.321 e. The Morgan fingerprint density at radius 2 is 1.87 bits per heavy atom. The Labute approximate surface area is 221 Å². The lowest BCUT2D eigenvalue weighted by atomic mass is 10.1. The number of fused-ring (bicyclic) bond motifs is 2. The number of benzene rings is 2. The van der Waals surface area contributed by atoms with E-state index in [-0.39, 0.29) is 41.8 Å². The first kappa shape index (κ1) is 23.9. The van der Waals surface area contributed by atoms with Gasteiger partial charge in [0, 0.05) is 64.4 Å². The third-order valence-electron chi connectivity index (χ3n) is 7.09. The molecule has 4 aromatic rings. The van der Waals surface area contributed by atoms with Gasteiger partial charge in [0.1, 0.15) is 18.0 Å². The highest BCUT2D eigenvalue weighted by molar-refractivity contribution is 6.33. The van der Waals surface area contributed by atoms with E-state index in [4.69, 9.17) is 11.6 Å². The fraction of sp³-hybridized carbons (Fsp3) is 0.222. The van der Waals surface area contributed by atoms with Crippen LogP contribution in [-0.4, -0.2) is 44.6 Å². The Balaban J connectivity index is 1.18. The molecule has 11 heteroatoms. The number of urea groups is 1. The number of likely N-dealkylation sites (tertiary alicyclic amines) is 1. The predicted molar refractivity (Wildman–Crippen MR) is 141 cm³/mol. The van der Waals surface area contributed by atoms with Crippen LogP contribution in [0.25, 0.3) is 22.2 Å². The molecule has 1 aliphatic carbocycles. The van der Waals surface area contributed by atoms with Gasteiger partial charge in [-0.05, 0) is 36.4 Å². The summed E-state index contributed by atoms with van der Waals surface area (Å²) < 4.78 is 14.4. The third kappa shape index (κ3) is 4.31. The van der Waals surface area contributed by atoms with Gasteiger partial charge in [-0.15, -0.1) is 0 Å². The number of hydrogen-bond acceptors (Lipinski definition) is 6. The number of amides is 2. The van der Waals surface area contributed by atoms with Gasteiger partial charge in [0.2, 0.25) is 5.95 Å². The molecule has 0 spiro atoms. The SMILES string of the molecule is N#CCn1c(=O)c(-c2ccccc2Cl)cc2cnc(NC3C4CN(C(=O)Nc5ccc(F)cc5)CC43)nc21. The van der Waals surface area contributed by atoms with Crippen molar-refractivity contribution in [2.45, 2.75) is 12.6 Å². The van der Waals surface area contributed by atoms with E-state index in [1.54, 1.807) is 41.4 Å². The summed E-state index contributed by atoms with van der Waals surface area (Å²) in [6.07, 6.45) is 1.62. The number of halogens is 2. The zero-order valence-electron chi connectivity index (χ0n) is 19.9. The summed E-state index contributed by atoms with van der Waals surface area (Å²) in [4.78, 5) is 36.6. The van der Waals surface area contributed by atoms with E-state index in [1.165, 1.54) is 28.8 Å². The van der Waals surface area contributed by atoms with Crippen LogP contribution in [0.2, 0.25) is 5.02 Å². The largest absolute Gasteiger partial charge is 0.351 e. The van der Waals surface area contributed by atoms with Crippen LogP contribution in [0.4, 0.5) is 20.8 Å². The van der Waals surface area contributed by atoms with Crippen molar-refractivity contribution in [3.63, 3.8) is 0 Å². The lowest BCUT2D eigenvalue weighted by molar-refractivity contribution is 0.217. The van der Waals surface area contributed by atoms with E-state index < -0.39 is 0 Å². The number of carbonyl (C=O) groups excluding carboxylic acids is 1. The van der Waals surface area contributed by atoms with E-state index >= 15 is 0 Å². The molecule has 2 aliphatic rings. The lowest BCUT2D eigenvalue weighted by Gasteiger charge is -2.21. The first-order valence-electron chi connectivity index (χ1n) is 12.0. The Hall–Kier alpha value is -4.49. The maximum atomic E-state index is 13.3. The minimum absolute atomic E-state index is 0.0980. The van der Waals surface area contributed by atoms with E-state index in [0.717, 1.165) is 0 Å². The van der Waals surface area contributed by atoms with E-state index in [9.17, 15) is 19.2 Å². The summed E-state index contributed by atoms with van der Waals surface area (Å²) in [5, 5.41) is 16.5. The summed E-state index contributed by atoms with van der Waals surface area (Å²) in [7, 11) is 0. The molecule has 2 aromatic carbocycles. The first-order chi connectivity index (χ1) is 18.4. The van der Waals surface area contributed by atoms with Crippen molar-refractivity contribution in [3.05, 3.63) is 82.0 Å². The summed E-state index contributed by atoms with van der Waals surface area (Å²) in [6, 6.07) is 16.3. The maximum absolute atomic E-state index is 13.3. The van der Waals surface area contributed by atoms with Crippen molar-refractivity contribution in [1.82, 2.24) is 19.4 Å². The number of aromatic nitrogens is 3. The molecule has 2 fully saturated rings. The number of anilines is 2. The molecule has 6 rings (SSSR count). The zero-order valence-corrected chi connectivity index (χ0v) is 20.7. The lowest BCUT2D eigenvalue weighted by Crippen LogP contribution is -2.37. The molecule has 2 N–H and O–H groups in total. The Morgan fingerprint density at radius 3 is 2.58 bits per heavy atom. The summed E-state index contributed by atoms with van der Waals surface area (Å²) in [5.41, 5.74) is 1.49. The minimum Gasteiger partial charge on any atom is -0.351 e. The molecule has 0 bridgehead atoms. The average Bonchev–Trinajstić information content (AvgIpc) is 3.33. The van der Waals surface area contributed by atoms with Gasteiger partial charge in [-0.1, -0.05) is 29.8 Å². The van der Waals surface area contributed by atoms with E-state index in [0.29, 0.717) is 51.9 Å². The monoisotopic (exact) mass is 529 g/mol. The molecule has 1 saturated heterocycles. The third-order valence-corrected chi connectivity index (χ3v) is 7.42. The first-order valence-corrected chi connectivity index (χ1v) is 12.4. The van der Waals surface area contributed by atoms with Crippen molar-refractivity contribution in [1.29, 1.82) is 5.26 Å². The van der Waals surface area contributed by atoms with Crippen LogP contribution in [0.15, 0.2) is 65.6 Å². The van der Waals surface area contributed by atoms with Gasteiger partial charge in [-0.3, -0.25) is 9.36 Å². The van der Waals surface area contributed by atoms with Gasteiger partial charge >= 0.3 is 6.03 Å². The van der Waals surface area contributed by atoms with Crippen LogP contribution in [0, 0.1) is 29.0 Å². The van der Waals surface area contributed by atoms with Crippen molar-refractivity contribution in [3.8, 4) is 17.2 Å². The molecule has 1 aliphatic heterocycles. The predicted octanol–water partition coefficient (Wildman–Crippen LogP) is 4.35. The van der Waals surface area contributed by atoms with E-state index in [2.05, 4.69) is 20.6 Å². The summed E-state index contributed by atoms with van der Waals surface area (Å²) in [5.74, 6) is 0.492. The van der Waals surface area contributed by atoms with Gasteiger partial charge in [0.05, 0.1) is 6.07 Å². The zero-order chi connectivity index (χ0) is 26.4. The van der Waals surface area contributed by atoms with Crippen molar-refractivity contribution >= 4 is 40.3 Å². The smallest absolute Gasteiger partial charge is 0.321 e. The number of nitrogens with zero attached hydrogens (tertiary/aromatic N) is 5. The Bertz CT molecular complexity index is 1660. The normalized spacial score (nSPS) is 19.6. The molecule has 1 saturated carbocycles. The highest BCUT2D eigenvalue weighted by atomic mass is 35.5. The van der Waals surface area contributed by atoms with Crippen LogP contribution in [0.1, 0.15) is 0 Å². The Morgan fingerprint density at radius 1 is 1.13 bits per heavy atom.